The molecule has 0 aliphatic carbocycles. The lowest BCUT2D eigenvalue weighted by Crippen LogP contribution is -2.41. The molecule has 1 heterocycles. The topological polar surface area (TPSA) is 56.8 Å². The molecule has 1 fully saturated rings. The minimum Gasteiger partial charge on any atom is -0.444 e. The number of amides is 1. The molecule has 138 valence electrons. The van der Waals surface area contributed by atoms with Crippen LogP contribution in [0.4, 0.5) is 14.9 Å². The van der Waals surface area contributed by atoms with Gasteiger partial charge in [0.05, 0.1) is 16.2 Å². The first-order valence-electron chi connectivity index (χ1n) is 8.07. The van der Waals surface area contributed by atoms with Crippen molar-refractivity contribution >= 4 is 36.0 Å². The van der Waals surface area contributed by atoms with E-state index < -0.39 is 35.8 Å². The van der Waals surface area contributed by atoms with E-state index in [0.29, 0.717) is 0 Å². The van der Waals surface area contributed by atoms with Crippen molar-refractivity contribution < 1.29 is 23.2 Å². The van der Waals surface area contributed by atoms with E-state index in [1.165, 1.54) is 12.1 Å². The maximum atomic E-state index is 14.7. The van der Waals surface area contributed by atoms with Crippen LogP contribution in [-0.4, -0.2) is 30.0 Å². The first kappa shape index (κ1) is 20.0. The highest BCUT2D eigenvalue weighted by Crippen LogP contribution is 2.37. The van der Waals surface area contributed by atoms with Gasteiger partial charge in [0.15, 0.2) is 0 Å². The molecule has 8 heteroatoms. The smallest absolute Gasteiger partial charge is 0.444 e. The van der Waals surface area contributed by atoms with Gasteiger partial charge in [-0.25, -0.2) is 9.18 Å². The molecule has 1 aromatic rings. The summed E-state index contributed by atoms with van der Waals surface area (Å²) < 4.78 is 31.7. The SMILES string of the molecule is CC(C)(C)OC(=O)Nc1ccc(Cl)c(F)c1B1OC(C)(C)C(C)(C)O1. The highest BCUT2D eigenvalue weighted by molar-refractivity contribution is 6.64. The van der Waals surface area contributed by atoms with Gasteiger partial charge in [-0.15, -0.1) is 0 Å². The molecular weight excluding hydrogens is 347 g/mol. The maximum Gasteiger partial charge on any atom is 0.500 e. The molecular formula is C17H24BClFNO4. The molecule has 5 nitrogen and oxygen atoms in total. The quantitative estimate of drug-likeness (QED) is 0.794. The molecule has 0 spiro atoms. The van der Waals surface area contributed by atoms with Crippen LogP contribution >= 0.6 is 11.6 Å². The summed E-state index contributed by atoms with van der Waals surface area (Å²) in [6, 6.07) is 2.86. The van der Waals surface area contributed by atoms with Gasteiger partial charge in [-0.05, 0) is 60.6 Å². The summed E-state index contributed by atoms with van der Waals surface area (Å²) in [5.74, 6) is -0.700. The molecule has 2 rings (SSSR count). The first-order valence-corrected chi connectivity index (χ1v) is 8.45. The zero-order valence-corrected chi connectivity index (χ0v) is 16.4. The molecule has 1 aliphatic rings. The Morgan fingerprint density at radius 2 is 1.72 bits per heavy atom. The summed E-state index contributed by atoms with van der Waals surface area (Å²) in [7, 11) is -1.01. The standard InChI is InChI=1S/C17H24BClFNO4/c1-15(2,3)23-14(22)21-11-9-8-10(19)13(20)12(11)18-24-16(4,5)17(6,7)25-18/h8-9H,1-7H3,(H,21,22). The Morgan fingerprint density at radius 3 is 2.20 bits per heavy atom. The number of benzene rings is 1. The summed E-state index contributed by atoms with van der Waals surface area (Å²) in [5.41, 5.74) is -1.77. The molecule has 0 unspecified atom stereocenters. The van der Waals surface area contributed by atoms with Crippen LogP contribution in [0, 0.1) is 5.82 Å². The van der Waals surface area contributed by atoms with Crippen LogP contribution in [0.3, 0.4) is 0 Å². The third-order valence-electron chi connectivity index (χ3n) is 4.26. The second kappa shape index (κ2) is 6.45. The first-order chi connectivity index (χ1) is 11.2. The zero-order chi connectivity index (χ0) is 19.2. The Bertz CT molecular complexity index is 672. The lowest BCUT2D eigenvalue weighted by molar-refractivity contribution is 0.00578. The average molecular weight is 372 g/mol. The fourth-order valence-corrected chi connectivity index (χ4v) is 2.45. The van der Waals surface area contributed by atoms with E-state index in [1.807, 2.05) is 27.7 Å². The molecule has 0 aromatic heterocycles. The van der Waals surface area contributed by atoms with Gasteiger partial charge in [0, 0.05) is 11.2 Å². The Balaban J connectivity index is 2.38. The monoisotopic (exact) mass is 371 g/mol. The summed E-state index contributed by atoms with van der Waals surface area (Å²) >= 11 is 5.92. The van der Waals surface area contributed by atoms with E-state index in [9.17, 15) is 9.18 Å². The van der Waals surface area contributed by atoms with Crippen molar-refractivity contribution in [2.75, 3.05) is 5.32 Å². The van der Waals surface area contributed by atoms with Gasteiger partial charge >= 0.3 is 13.2 Å². The highest BCUT2D eigenvalue weighted by Gasteiger charge is 2.53. The Hall–Kier alpha value is -1.31. The predicted molar refractivity (Wildman–Crippen MR) is 97.0 cm³/mol. The van der Waals surface area contributed by atoms with Crippen LogP contribution in [0.2, 0.25) is 5.02 Å². The van der Waals surface area contributed by atoms with Gasteiger partial charge in [-0.2, -0.15) is 0 Å². The number of ether oxygens (including phenoxy) is 1. The zero-order valence-electron chi connectivity index (χ0n) is 15.6. The minimum absolute atomic E-state index is 0.0389. The fraction of sp³-hybridized carbons (Fsp3) is 0.588. The number of carbonyl (C=O) groups excluding carboxylic acids is 1. The lowest BCUT2D eigenvalue weighted by atomic mass is 9.77. The van der Waals surface area contributed by atoms with Gasteiger partial charge in [-0.1, -0.05) is 11.6 Å². The fourth-order valence-electron chi connectivity index (χ4n) is 2.28. The molecule has 1 amide bonds. The Kier molecular flexibility index (Phi) is 5.16. The molecule has 1 N–H and O–H groups in total. The molecule has 1 saturated heterocycles. The van der Waals surface area contributed by atoms with Gasteiger partial charge in [0.2, 0.25) is 0 Å². The van der Waals surface area contributed by atoms with Crippen LogP contribution in [0.1, 0.15) is 48.5 Å². The third kappa shape index (κ3) is 4.27. The Labute approximate surface area is 153 Å². The number of carbonyl (C=O) groups is 1. The number of rotatable bonds is 2. The number of anilines is 1. The second-order valence-corrected chi connectivity index (χ2v) is 8.44. The van der Waals surface area contributed by atoms with Gasteiger partial charge in [-0.3, -0.25) is 5.32 Å². The number of hydrogen-bond donors (Lipinski definition) is 1. The van der Waals surface area contributed by atoms with E-state index in [0.717, 1.165) is 0 Å². The summed E-state index contributed by atoms with van der Waals surface area (Å²) in [5, 5.41) is 2.46. The number of hydrogen-bond acceptors (Lipinski definition) is 4. The van der Waals surface area contributed by atoms with Gasteiger partial charge in [0.25, 0.3) is 0 Å². The minimum atomic E-state index is -1.01. The van der Waals surface area contributed by atoms with Crippen molar-refractivity contribution in [2.45, 2.75) is 65.3 Å². The summed E-state index contributed by atoms with van der Waals surface area (Å²) in [6.07, 6.45) is -0.702. The summed E-state index contributed by atoms with van der Waals surface area (Å²) in [6.45, 7) is 12.7. The molecule has 25 heavy (non-hydrogen) atoms. The lowest BCUT2D eigenvalue weighted by Gasteiger charge is -2.32. The molecule has 1 aromatic carbocycles. The van der Waals surface area contributed by atoms with E-state index in [1.54, 1.807) is 20.8 Å². The van der Waals surface area contributed by atoms with Crippen LogP contribution < -0.4 is 10.8 Å². The van der Waals surface area contributed by atoms with Crippen molar-refractivity contribution in [1.82, 2.24) is 0 Å². The van der Waals surface area contributed by atoms with Crippen molar-refractivity contribution in [3.8, 4) is 0 Å². The van der Waals surface area contributed by atoms with Gasteiger partial charge < -0.3 is 14.0 Å². The van der Waals surface area contributed by atoms with E-state index in [-0.39, 0.29) is 16.2 Å². The van der Waals surface area contributed by atoms with E-state index in [2.05, 4.69) is 5.32 Å². The van der Waals surface area contributed by atoms with Crippen LogP contribution in [-0.2, 0) is 14.0 Å². The van der Waals surface area contributed by atoms with E-state index >= 15 is 0 Å². The Morgan fingerprint density at radius 1 is 1.20 bits per heavy atom. The number of halogens is 2. The van der Waals surface area contributed by atoms with Crippen molar-refractivity contribution in [3.63, 3.8) is 0 Å². The van der Waals surface area contributed by atoms with Crippen molar-refractivity contribution in [3.05, 3.63) is 23.0 Å². The van der Waals surface area contributed by atoms with Crippen molar-refractivity contribution in [1.29, 1.82) is 0 Å². The largest absolute Gasteiger partial charge is 0.500 e. The molecule has 0 atom stereocenters. The van der Waals surface area contributed by atoms with Crippen LogP contribution in [0.15, 0.2) is 12.1 Å². The average Bonchev–Trinajstić information content (AvgIpc) is 2.60. The molecule has 1 aliphatic heterocycles. The molecule has 0 bridgehead atoms. The maximum absolute atomic E-state index is 14.7. The normalized spacial score (nSPS) is 19.0. The second-order valence-electron chi connectivity index (χ2n) is 8.04. The molecule has 0 radical (unpaired) electrons. The predicted octanol–water partition coefficient (Wildman–Crippen LogP) is 4.13. The van der Waals surface area contributed by atoms with Crippen LogP contribution in [0.25, 0.3) is 0 Å². The summed E-state index contributed by atoms with van der Waals surface area (Å²) in [4.78, 5) is 12.1. The van der Waals surface area contributed by atoms with Gasteiger partial charge in [0.1, 0.15) is 11.4 Å². The van der Waals surface area contributed by atoms with Crippen molar-refractivity contribution in [2.24, 2.45) is 0 Å². The highest BCUT2D eigenvalue weighted by atomic mass is 35.5. The third-order valence-corrected chi connectivity index (χ3v) is 4.55. The number of nitrogens with one attached hydrogen (secondary N) is 1. The van der Waals surface area contributed by atoms with E-state index in [4.69, 9.17) is 25.6 Å². The molecule has 0 saturated carbocycles. The van der Waals surface area contributed by atoms with Crippen LogP contribution in [0.5, 0.6) is 0 Å².